The van der Waals surface area contributed by atoms with Crippen LogP contribution in [0.5, 0.6) is 0 Å². The van der Waals surface area contributed by atoms with Crippen molar-refractivity contribution in [2.24, 2.45) is 0 Å². The summed E-state index contributed by atoms with van der Waals surface area (Å²) in [6.45, 7) is 4.21. The number of thioether (sulfide) groups is 1. The number of nitriles is 1. The lowest BCUT2D eigenvalue weighted by molar-refractivity contribution is -0.121. The first-order valence-electron chi connectivity index (χ1n) is 9.59. The highest BCUT2D eigenvalue weighted by Crippen LogP contribution is 2.36. The van der Waals surface area contributed by atoms with E-state index in [4.69, 9.17) is 0 Å². The van der Waals surface area contributed by atoms with Gasteiger partial charge in [0.1, 0.15) is 5.82 Å². The average molecular weight is 424 g/mol. The molecule has 0 fully saturated rings. The van der Waals surface area contributed by atoms with Crippen LogP contribution in [0.15, 0.2) is 59.1 Å². The van der Waals surface area contributed by atoms with Crippen LogP contribution < -0.4 is 10.6 Å². The second-order valence-corrected chi connectivity index (χ2v) is 8.31. The molecule has 2 N–H and O–H groups in total. The number of allylic oxidation sites excluding steroid dienone is 1. The molecule has 2 aromatic carbocycles. The predicted molar refractivity (Wildman–Crippen MR) is 116 cm³/mol. The van der Waals surface area contributed by atoms with Crippen molar-refractivity contribution in [3.8, 4) is 6.07 Å². The van der Waals surface area contributed by atoms with Gasteiger partial charge in [0, 0.05) is 18.0 Å². The molecule has 7 heteroatoms. The number of amides is 2. The van der Waals surface area contributed by atoms with E-state index in [1.54, 1.807) is 6.07 Å². The maximum atomic E-state index is 13.3. The van der Waals surface area contributed by atoms with Crippen LogP contribution in [0.2, 0.25) is 0 Å². The molecule has 1 aliphatic rings. The van der Waals surface area contributed by atoms with E-state index in [1.165, 1.54) is 23.8 Å². The molecule has 154 valence electrons. The minimum absolute atomic E-state index is 0.0175. The fourth-order valence-corrected chi connectivity index (χ4v) is 4.11. The number of nitrogens with zero attached hydrogens (tertiary/aromatic N) is 1. The molecule has 0 aliphatic carbocycles. The molecule has 0 aromatic heterocycles. The molecular formula is C23H22FN3O2S. The van der Waals surface area contributed by atoms with E-state index in [1.807, 2.05) is 24.3 Å². The number of nitrogens with one attached hydrogen (secondary N) is 2. The summed E-state index contributed by atoms with van der Waals surface area (Å²) in [5.41, 5.74) is 2.87. The van der Waals surface area contributed by atoms with Gasteiger partial charge in [0.2, 0.25) is 11.8 Å². The Labute approximate surface area is 179 Å². The Morgan fingerprint density at radius 3 is 2.67 bits per heavy atom. The smallest absolute Gasteiger partial charge is 0.234 e. The van der Waals surface area contributed by atoms with Gasteiger partial charge in [-0.2, -0.15) is 5.26 Å². The Hall–Kier alpha value is -3.11. The summed E-state index contributed by atoms with van der Waals surface area (Å²) in [5, 5.41) is 15.5. The predicted octanol–water partition coefficient (Wildman–Crippen LogP) is 4.66. The molecule has 0 unspecified atom stereocenters. The van der Waals surface area contributed by atoms with Crippen LogP contribution in [0, 0.1) is 17.1 Å². The maximum absolute atomic E-state index is 13.3. The molecule has 1 atom stereocenters. The minimum atomic E-state index is -0.444. The van der Waals surface area contributed by atoms with Gasteiger partial charge in [-0.15, -0.1) is 0 Å². The molecule has 0 saturated heterocycles. The lowest BCUT2D eigenvalue weighted by atomic mass is 9.86. The highest BCUT2D eigenvalue weighted by atomic mass is 32.2. The van der Waals surface area contributed by atoms with Crippen molar-refractivity contribution >= 4 is 29.3 Å². The van der Waals surface area contributed by atoms with Gasteiger partial charge in [-0.05, 0) is 35.2 Å². The van der Waals surface area contributed by atoms with Crippen molar-refractivity contribution in [1.29, 1.82) is 5.26 Å². The number of anilines is 1. The zero-order valence-corrected chi connectivity index (χ0v) is 17.6. The molecule has 2 aromatic rings. The third-order valence-electron chi connectivity index (χ3n) is 4.82. The molecule has 0 saturated carbocycles. The molecular weight excluding hydrogens is 401 g/mol. The lowest BCUT2D eigenvalue weighted by Gasteiger charge is -2.25. The van der Waals surface area contributed by atoms with Gasteiger partial charge in [-0.1, -0.05) is 55.9 Å². The van der Waals surface area contributed by atoms with E-state index < -0.39 is 5.82 Å². The van der Waals surface area contributed by atoms with Crippen molar-refractivity contribution in [2.45, 2.75) is 32.1 Å². The second-order valence-electron chi connectivity index (χ2n) is 7.33. The first-order valence-corrected chi connectivity index (χ1v) is 10.6. The third-order valence-corrected chi connectivity index (χ3v) is 5.83. The number of hydrogen-bond acceptors (Lipinski definition) is 4. The Kier molecular flexibility index (Phi) is 6.91. The number of benzene rings is 2. The van der Waals surface area contributed by atoms with Gasteiger partial charge >= 0.3 is 0 Å². The van der Waals surface area contributed by atoms with Crippen LogP contribution in [0.25, 0.3) is 0 Å². The highest BCUT2D eigenvalue weighted by Gasteiger charge is 2.29. The van der Waals surface area contributed by atoms with E-state index in [0.29, 0.717) is 22.2 Å². The van der Waals surface area contributed by atoms with E-state index in [9.17, 15) is 19.2 Å². The summed E-state index contributed by atoms with van der Waals surface area (Å²) in [4.78, 5) is 24.5. The monoisotopic (exact) mass is 423 g/mol. The molecule has 3 rings (SSSR count). The average Bonchev–Trinajstić information content (AvgIpc) is 2.72. The largest absolute Gasteiger partial charge is 0.325 e. The fraction of sp³-hybridized carbons (Fsp3) is 0.261. The maximum Gasteiger partial charge on any atom is 0.234 e. The van der Waals surface area contributed by atoms with Crippen LogP contribution >= 0.6 is 11.8 Å². The normalized spacial score (nSPS) is 16.2. The summed E-state index contributed by atoms with van der Waals surface area (Å²) in [5.74, 6) is -0.967. The van der Waals surface area contributed by atoms with Crippen LogP contribution in [-0.2, 0) is 9.59 Å². The summed E-state index contributed by atoms with van der Waals surface area (Å²) in [6.07, 6.45) is 0.184. The number of carbonyl (C=O) groups is 2. The molecule has 5 nitrogen and oxygen atoms in total. The SMILES string of the molecule is CC(C)c1ccc([C@H]2CC(=O)NC(SCC(=O)Nc3cccc(F)c3)=C2C#N)cc1. The summed E-state index contributed by atoms with van der Waals surface area (Å²) >= 11 is 1.09. The summed E-state index contributed by atoms with van der Waals surface area (Å²) in [7, 11) is 0. The molecule has 2 amide bonds. The van der Waals surface area contributed by atoms with E-state index in [0.717, 1.165) is 17.3 Å². The van der Waals surface area contributed by atoms with Crippen molar-refractivity contribution in [3.63, 3.8) is 0 Å². The Morgan fingerprint density at radius 1 is 1.30 bits per heavy atom. The van der Waals surface area contributed by atoms with Crippen molar-refractivity contribution < 1.29 is 14.0 Å². The number of halogens is 1. The van der Waals surface area contributed by atoms with E-state index >= 15 is 0 Å². The highest BCUT2D eigenvalue weighted by molar-refractivity contribution is 8.03. The quantitative estimate of drug-likeness (QED) is 0.708. The Morgan fingerprint density at radius 2 is 2.03 bits per heavy atom. The Balaban J connectivity index is 1.75. The number of rotatable bonds is 6. The molecule has 0 bridgehead atoms. The van der Waals surface area contributed by atoms with Crippen LogP contribution in [-0.4, -0.2) is 17.6 Å². The van der Waals surface area contributed by atoms with Crippen molar-refractivity contribution in [1.82, 2.24) is 5.32 Å². The minimum Gasteiger partial charge on any atom is -0.325 e. The van der Waals surface area contributed by atoms with Crippen LogP contribution in [0.4, 0.5) is 10.1 Å². The molecule has 30 heavy (non-hydrogen) atoms. The van der Waals surface area contributed by atoms with Crippen LogP contribution in [0.3, 0.4) is 0 Å². The lowest BCUT2D eigenvalue weighted by Crippen LogP contribution is -2.31. The van der Waals surface area contributed by atoms with Gasteiger partial charge in [-0.3, -0.25) is 9.59 Å². The number of hydrogen-bond donors (Lipinski definition) is 2. The van der Waals surface area contributed by atoms with Gasteiger partial charge in [0.05, 0.1) is 22.4 Å². The van der Waals surface area contributed by atoms with Crippen molar-refractivity contribution in [2.75, 3.05) is 11.1 Å². The zero-order chi connectivity index (χ0) is 21.7. The van der Waals surface area contributed by atoms with Gasteiger partial charge < -0.3 is 10.6 Å². The Bertz CT molecular complexity index is 1030. The topological polar surface area (TPSA) is 82.0 Å². The molecule has 0 spiro atoms. The van der Waals surface area contributed by atoms with Crippen molar-refractivity contribution in [3.05, 3.63) is 76.1 Å². The number of carbonyl (C=O) groups excluding carboxylic acids is 2. The van der Waals surface area contributed by atoms with Crippen LogP contribution in [0.1, 0.15) is 43.2 Å². The first-order chi connectivity index (χ1) is 14.4. The van der Waals surface area contributed by atoms with E-state index in [2.05, 4.69) is 30.6 Å². The first kappa shape index (κ1) is 21.6. The standard InChI is InChI=1S/C23H22FN3O2S/c1-14(2)15-6-8-16(9-7-15)19-11-21(28)27-23(20(19)12-25)30-13-22(29)26-18-5-3-4-17(24)10-18/h3-10,14,19H,11,13H2,1-2H3,(H,26,29)(H,27,28)/t19-/m1/s1. The molecule has 0 radical (unpaired) electrons. The summed E-state index contributed by atoms with van der Waals surface area (Å²) in [6, 6.07) is 15.7. The summed E-state index contributed by atoms with van der Waals surface area (Å²) < 4.78 is 13.3. The molecule has 1 heterocycles. The van der Waals surface area contributed by atoms with Gasteiger partial charge in [-0.25, -0.2) is 4.39 Å². The van der Waals surface area contributed by atoms with E-state index in [-0.39, 0.29) is 29.9 Å². The molecule has 1 aliphatic heterocycles. The van der Waals surface area contributed by atoms with Gasteiger partial charge in [0.15, 0.2) is 0 Å². The third kappa shape index (κ3) is 5.28. The fourth-order valence-electron chi connectivity index (χ4n) is 3.23. The zero-order valence-electron chi connectivity index (χ0n) is 16.7. The second kappa shape index (κ2) is 9.59. The van der Waals surface area contributed by atoms with Gasteiger partial charge in [0.25, 0.3) is 0 Å².